The highest BCUT2D eigenvalue weighted by Crippen LogP contribution is 2.25. The van der Waals surface area contributed by atoms with E-state index >= 15 is 0 Å². The molecule has 0 unspecified atom stereocenters. The molecule has 0 radical (unpaired) electrons. The molecule has 0 spiro atoms. The molecule has 0 saturated carbocycles. The van der Waals surface area contributed by atoms with Gasteiger partial charge in [0, 0.05) is 12.3 Å². The first kappa shape index (κ1) is 9.99. The van der Waals surface area contributed by atoms with Crippen LogP contribution < -0.4 is 5.73 Å². The quantitative estimate of drug-likeness (QED) is 0.749. The monoisotopic (exact) mass is 201 g/mol. The van der Waals surface area contributed by atoms with Crippen molar-refractivity contribution in [1.82, 2.24) is 0 Å². The van der Waals surface area contributed by atoms with Crippen molar-refractivity contribution in [1.29, 1.82) is 0 Å². The molecule has 0 heterocycles. The highest BCUT2D eigenvalue weighted by atomic mass is 16.2. The SMILES string of the molecule is Nc1ccc2ccccc2c1CCCO. The summed E-state index contributed by atoms with van der Waals surface area (Å²) < 4.78 is 0. The van der Waals surface area contributed by atoms with Crippen LogP contribution in [0.25, 0.3) is 10.8 Å². The number of fused-ring (bicyclic) bond motifs is 1. The number of rotatable bonds is 3. The molecule has 0 bridgehead atoms. The molecular formula is C13H15NO. The lowest BCUT2D eigenvalue weighted by Crippen LogP contribution is -1.97. The van der Waals surface area contributed by atoms with Crippen LogP contribution in [0.15, 0.2) is 36.4 Å². The molecule has 0 aliphatic carbocycles. The fraction of sp³-hybridized carbons (Fsp3) is 0.231. The summed E-state index contributed by atoms with van der Waals surface area (Å²) in [4.78, 5) is 0. The van der Waals surface area contributed by atoms with Crippen molar-refractivity contribution in [2.75, 3.05) is 12.3 Å². The summed E-state index contributed by atoms with van der Waals surface area (Å²) in [5.41, 5.74) is 7.92. The van der Waals surface area contributed by atoms with Crippen LogP contribution in [0.5, 0.6) is 0 Å². The zero-order chi connectivity index (χ0) is 10.7. The second-order valence-electron chi connectivity index (χ2n) is 3.68. The van der Waals surface area contributed by atoms with Gasteiger partial charge in [-0.3, -0.25) is 0 Å². The Balaban J connectivity index is 2.53. The van der Waals surface area contributed by atoms with E-state index in [9.17, 15) is 0 Å². The summed E-state index contributed by atoms with van der Waals surface area (Å²) >= 11 is 0. The molecular weight excluding hydrogens is 186 g/mol. The average molecular weight is 201 g/mol. The van der Waals surface area contributed by atoms with E-state index in [-0.39, 0.29) is 6.61 Å². The molecule has 0 saturated heterocycles. The third-order valence-electron chi connectivity index (χ3n) is 2.66. The molecule has 0 fully saturated rings. The molecule has 2 nitrogen and oxygen atoms in total. The Labute approximate surface area is 89.3 Å². The number of anilines is 1. The molecule has 0 amide bonds. The van der Waals surface area contributed by atoms with E-state index in [2.05, 4.69) is 12.1 Å². The summed E-state index contributed by atoms with van der Waals surface area (Å²) in [6, 6.07) is 12.2. The Bertz CT molecular complexity index is 465. The van der Waals surface area contributed by atoms with Gasteiger partial charge < -0.3 is 10.8 Å². The van der Waals surface area contributed by atoms with Gasteiger partial charge in [-0.05, 0) is 35.2 Å². The molecule has 3 N–H and O–H groups in total. The van der Waals surface area contributed by atoms with E-state index in [1.165, 1.54) is 10.8 Å². The second-order valence-corrected chi connectivity index (χ2v) is 3.68. The van der Waals surface area contributed by atoms with Gasteiger partial charge in [0.05, 0.1) is 0 Å². The van der Waals surface area contributed by atoms with Gasteiger partial charge in [-0.25, -0.2) is 0 Å². The van der Waals surface area contributed by atoms with Crippen LogP contribution in [0.4, 0.5) is 5.69 Å². The Morgan fingerprint density at radius 1 is 1.07 bits per heavy atom. The lowest BCUT2D eigenvalue weighted by molar-refractivity contribution is 0.289. The van der Waals surface area contributed by atoms with Crippen LogP contribution in [-0.4, -0.2) is 11.7 Å². The van der Waals surface area contributed by atoms with Gasteiger partial charge in [0.1, 0.15) is 0 Å². The van der Waals surface area contributed by atoms with Crippen LogP contribution in [-0.2, 0) is 6.42 Å². The Morgan fingerprint density at radius 2 is 1.87 bits per heavy atom. The number of nitrogens with two attached hydrogens (primary N) is 1. The molecule has 0 aliphatic rings. The van der Waals surface area contributed by atoms with Gasteiger partial charge in [-0.2, -0.15) is 0 Å². The summed E-state index contributed by atoms with van der Waals surface area (Å²) in [5, 5.41) is 11.3. The van der Waals surface area contributed by atoms with Crippen molar-refractivity contribution < 1.29 is 5.11 Å². The Kier molecular flexibility index (Phi) is 2.88. The maximum absolute atomic E-state index is 8.85. The van der Waals surface area contributed by atoms with E-state index in [0.717, 1.165) is 24.1 Å². The van der Waals surface area contributed by atoms with Crippen molar-refractivity contribution >= 4 is 16.5 Å². The average Bonchev–Trinajstić information content (AvgIpc) is 2.28. The fourth-order valence-corrected chi connectivity index (χ4v) is 1.89. The molecule has 78 valence electrons. The van der Waals surface area contributed by atoms with Gasteiger partial charge in [0.2, 0.25) is 0 Å². The molecule has 2 rings (SSSR count). The molecule has 0 atom stereocenters. The van der Waals surface area contributed by atoms with Crippen molar-refractivity contribution in [3.63, 3.8) is 0 Å². The number of hydrogen-bond donors (Lipinski definition) is 2. The van der Waals surface area contributed by atoms with Crippen molar-refractivity contribution in [3.05, 3.63) is 42.0 Å². The molecule has 2 aromatic rings. The standard InChI is InChI=1S/C13H15NO/c14-13-8-7-10-4-1-2-5-11(10)12(13)6-3-9-15/h1-2,4-5,7-8,15H,3,6,9,14H2. The summed E-state index contributed by atoms with van der Waals surface area (Å²) in [6.07, 6.45) is 1.60. The largest absolute Gasteiger partial charge is 0.398 e. The van der Waals surface area contributed by atoms with Gasteiger partial charge in [0.25, 0.3) is 0 Å². The smallest absolute Gasteiger partial charge is 0.0434 e. The van der Waals surface area contributed by atoms with Crippen LogP contribution in [0.1, 0.15) is 12.0 Å². The van der Waals surface area contributed by atoms with E-state index in [1.54, 1.807) is 0 Å². The van der Waals surface area contributed by atoms with E-state index in [0.29, 0.717) is 0 Å². The van der Waals surface area contributed by atoms with E-state index in [4.69, 9.17) is 10.8 Å². The van der Waals surface area contributed by atoms with Crippen molar-refractivity contribution in [3.8, 4) is 0 Å². The lowest BCUT2D eigenvalue weighted by atomic mass is 9.99. The highest BCUT2D eigenvalue weighted by molar-refractivity contribution is 5.89. The molecule has 15 heavy (non-hydrogen) atoms. The van der Waals surface area contributed by atoms with Crippen LogP contribution >= 0.6 is 0 Å². The maximum atomic E-state index is 8.85. The van der Waals surface area contributed by atoms with Crippen molar-refractivity contribution in [2.45, 2.75) is 12.8 Å². The highest BCUT2D eigenvalue weighted by Gasteiger charge is 2.04. The number of aliphatic hydroxyl groups excluding tert-OH is 1. The van der Waals surface area contributed by atoms with E-state index in [1.807, 2.05) is 24.3 Å². The topological polar surface area (TPSA) is 46.2 Å². The molecule has 2 heteroatoms. The number of hydrogen-bond acceptors (Lipinski definition) is 2. The third-order valence-corrected chi connectivity index (χ3v) is 2.66. The zero-order valence-corrected chi connectivity index (χ0v) is 8.61. The predicted octanol–water partition coefficient (Wildman–Crippen LogP) is 2.35. The van der Waals surface area contributed by atoms with Crippen LogP contribution in [0.3, 0.4) is 0 Å². The van der Waals surface area contributed by atoms with Gasteiger partial charge >= 0.3 is 0 Å². The number of benzene rings is 2. The lowest BCUT2D eigenvalue weighted by Gasteiger charge is -2.09. The number of nitrogen functional groups attached to an aromatic ring is 1. The summed E-state index contributed by atoms with van der Waals surface area (Å²) in [5.74, 6) is 0. The van der Waals surface area contributed by atoms with Crippen molar-refractivity contribution in [2.24, 2.45) is 0 Å². The van der Waals surface area contributed by atoms with Gasteiger partial charge in [0.15, 0.2) is 0 Å². The fourth-order valence-electron chi connectivity index (χ4n) is 1.89. The summed E-state index contributed by atoms with van der Waals surface area (Å²) in [6.45, 7) is 0.211. The minimum Gasteiger partial charge on any atom is -0.398 e. The number of aryl methyl sites for hydroxylation is 1. The predicted molar refractivity (Wildman–Crippen MR) is 63.8 cm³/mol. The zero-order valence-electron chi connectivity index (χ0n) is 8.61. The second kappa shape index (κ2) is 4.32. The molecule has 0 aliphatic heterocycles. The molecule has 2 aromatic carbocycles. The first-order chi connectivity index (χ1) is 7.33. The first-order valence-electron chi connectivity index (χ1n) is 5.20. The Morgan fingerprint density at radius 3 is 2.67 bits per heavy atom. The third kappa shape index (κ3) is 1.95. The first-order valence-corrected chi connectivity index (χ1v) is 5.20. The Hall–Kier alpha value is -1.54. The maximum Gasteiger partial charge on any atom is 0.0434 e. The van der Waals surface area contributed by atoms with E-state index < -0.39 is 0 Å². The molecule has 0 aromatic heterocycles. The van der Waals surface area contributed by atoms with Crippen LogP contribution in [0, 0.1) is 0 Å². The minimum atomic E-state index is 0.211. The van der Waals surface area contributed by atoms with Gasteiger partial charge in [-0.15, -0.1) is 0 Å². The van der Waals surface area contributed by atoms with Crippen LogP contribution in [0.2, 0.25) is 0 Å². The normalized spacial score (nSPS) is 10.7. The minimum absolute atomic E-state index is 0.211. The van der Waals surface area contributed by atoms with Gasteiger partial charge in [-0.1, -0.05) is 30.3 Å². The number of aliphatic hydroxyl groups is 1. The summed E-state index contributed by atoms with van der Waals surface area (Å²) in [7, 11) is 0.